The summed E-state index contributed by atoms with van der Waals surface area (Å²) in [5.74, 6) is -0.476. The minimum absolute atomic E-state index is 0.424. The van der Waals surface area contributed by atoms with Crippen molar-refractivity contribution in [3.8, 4) is 0 Å². The molecule has 2 aromatic rings. The van der Waals surface area contributed by atoms with E-state index in [1.54, 1.807) is 30.6 Å². The Bertz CT molecular complexity index is 557. The van der Waals surface area contributed by atoms with Crippen LogP contribution in [0, 0.1) is 0 Å². The third-order valence-corrected chi connectivity index (χ3v) is 2.79. The molecule has 0 atom stereocenters. The third-order valence-electron chi connectivity index (χ3n) is 2.46. The number of rotatable bonds is 4. The number of hydrogen-bond donors (Lipinski definition) is 2. The zero-order valence-electron chi connectivity index (χ0n) is 9.56. The van der Waals surface area contributed by atoms with E-state index in [1.807, 2.05) is 12.1 Å². The molecule has 2 rings (SSSR count). The second kappa shape index (κ2) is 5.51. The summed E-state index contributed by atoms with van der Waals surface area (Å²) < 4.78 is 0. The maximum atomic E-state index is 11.1. The summed E-state index contributed by atoms with van der Waals surface area (Å²) in [7, 11) is 0. The maximum absolute atomic E-state index is 11.1. The van der Waals surface area contributed by atoms with Crippen LogP contribution in [0.5, 0.6) is 0 Å². The van der Waals surface area contributed by atoms with Crippen molar-refractivity contribution in [3.05, 3.63) is 58.9 Å². The number of hydrogen-bond acceptors (Lipinski definition) is 3. The quantitative estimate of drug-likeness (QED) is 0.888. The van der Waals surface area contributed by atoms with E-state index in [-0.39, 0.29) is 0 Å². The molecule has 18 heavy (non-hydrogen) atoms. The largest absolute Gasteiger partial charge is 0.380 e. The Morgan fingerprint density at radius 2 is 2.22 bits per heavy atom. The Labute approximate surface area is 110 Å². The van der Waals surface area contributed by atoms with E-state index in [0.717, 1.165) is 5.56 Å². The molecular weight excluding hydrogens is 250 g/mol. The van der Waals surface area contributed by atoms with Gasteiger partial charge >= 0.3 is 0 Å². The standard InChI is InChI=1S/C13H12ClN3O/c14-11-4-3-10(13(15)18)6-12(11)17-8-9-2-1-5-16-7-9/h1-7,17H,8H2,(H2,15,18). The number of amides is 1. The number of primary amides is 1. The summed E-state index contributed by atoms with van der Waals surface area (Å²) in [6, 6.07) is 8.69. The van der Waals surface area contributed by atoms with E-state index in [9.17, 15) is 4.79 Å². The third kappa shape index (κ3) is 2.99. The number of carbonyl (C=O) groups excluding carboxylic acids is 1. The molecule has 4 nitrogen and oxygen atoms in total. The van der Waals surface area contributed by atoms with Gasteiger partial charge in [-0.3, -0.25) is 9.78 Å². The first-order chi connectivity index (χ1) is 8.66. The molecule has 1 aromatic carbocycles. The Hall–Kier alpha value is -2.07. The van der Waals surface area contributed by atoms with Crippen molar-refractivity contribution in [2.24, 2.45) is 5.73 Å². The SMILES string of the molecule is NC(=O)c1ccc(Cl)c(NCc2cccnc2)c1. The van der Waals surface area contributed by atoms with Gasteiger partial charge in [0.25, 0.3) is 0 Å². The Morgan fingerprint density at radius 1 is 1.39 bits per heavy atom. The van der Waals surface area contributed by atoms with Crippen LogP contribution in [-0.4, -0.2) is 10.9 Å². The van der Waals surface area contributed by atoms with Gasteiger partial charge in [-0.25, -0.2) is 0 Å². The number of aromatic nitrogens is 1. The molecule has 1 aromatic heterocycles. The van der Waals surface area contributed by atoms with Gasteiger partial charge in [-0.15, -0.1) is 0 Å². The number of pyridine rings is 1. The molecule has 3 N–H and O–H groups in total. The van der Waals surface area contributed by atoms with Gasteiger partial charge < -0.3 is 11.1 Å². The van der Waals surface area contributed by atoms with Gasteiger partial charge in [-0.2, -0.15) is 0 Å². The van der Waals surface area contributed by atoms with Crippen molar-refractivity contribution in [2.45, 2.75) is 6.54 Å². The van der Waals surface area contributed by atoms with Crippen LogP contribution in [0.1, 0.15) is 15.9 Å². The zero-order valence-corrected chi connectivity index (χ0v) is 10.3. The van der Waals surface area contributed by atoms with Crippen LogP contribution in [0.25, 0.3) is 0 Å². The molecule has 0 radical (unpaired) electrons. The number of benzene rings is 1. The van der Waals surface area contributed by atoms with Gasteiger partial charge in [-0.05, 0) is 29.8 Å². The fraction of sp³-hybridized carbons (Fsp3) is 0.0769. The van der Waals surface area contributed by atoms with Crippen LogP contribution in [0.4, 0.5) is 5.69 Å². The average molecular weight is 262 g/mol. The van der Waals surface area contributed by atoms with Crippen molar-refractivity contribution in [1.29, 1.82) is 0 Å². The highest BCUT2D eigenvalue weighted by Gasteiger charge is 2.05. The van der Waals surface area contributed by atoms with Gasteiger partial charge in [0.2, 0.25) is 5.91 Å². The van der Waals surface area contributed by atoms with Crippen molar-refractivity contribution < 1.29 is 4.79 Å². The summed E-state index contributed by atoms with van der Waals surface area (Å²) >= 11 is 6.04. The Morgan fingerprint density at radius 3 is 2.89 bits per heavy atom. The number of nitrogens with zero attached hydrogens (tertiary/aromatic N) is 1. The molecule has 0 aliphatic heterocycles. The highest BCUT2D eigenvalue weighted by molar-refractivity contribution is 6.33. The maximum Gasteiger partial charge on any atom is 0.248 e. The van der Waals surface area contributed by atoms with E-state index in [2.05, 4.69) is 10.3 Å². The highest BCUT2D eigenvalue weighted by atomic mass is 35.5. The van der Waals surface area contributed by atoms with Crippen molar-refractivity contribution in [1.82, 2.24) is 4.98 Å². The van der Waals surface area contributed by atoms with E-state index >= 15 is 0 Å². The van der Waals surface area contributed by atoms with Crippen LogP contribution in [0.15, 0.2) is 42.7 Å². The summed E-state index contributed by atoms with van der Waals surface area (Å²) in [6.07, 6.45) is 3.48. The molecule has 1 heterocycles. The summed E-state index contributed by atoms with van der Waals surface area (Å²) in [5, 5.41) is 3.69. The Balaban J connectivity index is 2.14. The minimum Gasteiger partial charge on any atom is -0.380 e. The number of nitrogens with two attached hydrogens (primary N) is 1. The van der Waals surface area contributed by atoms with E-state index < -0.39 is 5.91 Å². The second-order valence-electron chi connectivity index (χ2n) is 3.77. The lowest BCUT2D eigenvalue weighted by molar-refractivity contribution is 0.100. The van der Waals surface area contributed by atoms with Crippen molar-refractivity contribution >= 4 is 23.2 Å². The normalized spacial score (nSPS) is 10.1. The first-order valence-corrected chi connectivity index (χ1v) is 5.77. The van der Waals surface area contributed by atoms with Crippen LogP contribution in [-0.2, 0) is 6.54 Å². The molecule has 0 saturated heterocycles. The predicted octanol–water partition coefficient (Wildman–Crippen LogP) is 2.45. The molecule has 0 unspecified atom stereocenters. The number of nitrogens with one attached hydrogen (secondary N) is 1. The molecule has 0 fully saturated rings. The van der Waals surface area contributed by atoms with Crippen LogP contribution < -0.4 is 11.1 Å². The zero-order chi connectivity index (χ0) is 13.0. The van der Waals surface area contributed by atoms with Crippen LogP contribution in [0.3, 0.4) is 0 Å². The number of anilines is 1. The predicted molar refractivity (Wildman–Crippen MR) is 71.5 cm³/mol. The van der Waals surface area contributed by atoms with Crippen molar-refractivity contribution in [3.63, 3.8) is 0 Å². The molecule has 1 amide bonds. The van der Waals surface area contributed by atoms with E-state index in [4.69, 9.17) is 17.3 Å². The van der Waals surface area contributed by atoms with Crippen LogP contribution in [0.2, 0.25) is 5.02 Å². The average Bonchev–Trinajstić information content (AvgIpc) is 2.38. The fourth-order valence-electron chi connectivity index (χ4n) is 1.51. The lowest BCUT2D eigenvalue weighted by Crippen LogP contribution is -2.11. The molecular formula is C13H12ClN3O. The first kappa shape index (κ1) is 12.4. The second-order valence-corrected chi connectivity index (χ2v) is 4.18. The summed E-state index contributed by atoms with van der Waals surface area (Å²) in [6.45, 7) is 0.579. The molecule has 0 spiro atoms. The van der Waals surface area contributed by atoms with E-state index in [1.165, 1.54) is 0 Å². The molecule has 0 bridgehead atoms. The summed E-state index contributed by atoms with van der Waals surface area (Å²) in [5.41, 5.74) is 7.35. The van der Waals surface area contributed by atoms with Gasteiger partial charge in [0.1, 0.15) is 0 Å². The summed E-state index contributed by atoms with van der Waals surface area (Å²) in [4.78, 5) is 15.1. The van der Waals surface area contributed by atoms with Gasteiger partial charge in [-0.1, -0.05) is 17.7 Å². The topological polar surface area (TPSA) is 68.0 Å². The van der Waals surface area contributed by atoms with Crippen molar-refractivity contribution in [2.75, 3.05) is 5.32 Å². The smallest absolute Gasteiger partial charge is 0.248 e. The fourth-order valence-corrected chi connectivity index (χ4v) is 1.70. The highest BCUT2D eigenvalue weighted by Crippen LogP contribution is 2.23. The Kier molecular flexibility index (Phi) is 3.79. The number of halogens is 1. The van der Waals surface area contributed by atoms with Gasteiger partial charge in [0, 0.05) is 24.5 Å². The molecule has 0 aliphatic rings. The first-order valence-electron chi connectivity index (χ1n) is 5.39. The lowest BCUT2D eigenvalue weighted by Gasteiger charge is -2.09. The molecule has 0 aliphatic carbocycles. The minimum atomic E-state index is -0.476. The van der Waals surface area contributed by atoms with E-state index in [0.29, 0.717) is 22.8 Å². The van der Waals surface area contributed by atoms with Crippen LogP contribution >= 0.6 is 11.6 Å². The number of carbonyl (C=O) groups is 1. The van der Waals surface area contributed by atoms with Gasteiger partial charge in [0.05, 0.1) is 10.7 Å². The molecule has 92 valence electrons. The monoisotopic (exact) mass is 261 g/mol. The lowest BCUT2D eigenvalue weighted by atomic mass is 10.2. The molecule has 0 saturated carbocycles. The van der Waals surface area contributed by atoms with Gasteiger partial charge in [0.15, 0.2) is 0 Å². The molecule has 5 heteroatoms.